The highest BCUT2D eigenvalue weighted by molar-refractivity contribution is 9.10. The second kappa shape index (κ2) is 5.97. The Morgan fingerprint density at radius 2 is 2.25 bits per heavy atom. The van der Waals surface area contributed by atoms with Crippen molar-refractivity contribution in [2.45, 2.75) is 39.0 Å². The first-order valence-electron chi connectivity index (χ1n) is 6.75. The molecule has 1 aliphatic carbocycles. The Labute approximate surface area is 126 Å². The van der Waals surface area contributed by atoms with E-state index in [1.807, 2.05) is 13.0 Å². The zero-order chi connectivity index (χ0) is 13.9. The van der Waals surface area contributed by atoms with Crippen molar-refractivity contribution in [3.05, 3.63) is 46.1 Å². The molecule has 0 aromatic carbocycles. The maximum absolute atomic E-state index is 5.74. The molecule has 1 aliphatic rings. The number of ether oxygens (including phenoxy) is 1. The highest BCUT2D eigenvalue weighted by atomic mass is 79.9. The third-order valence-corrected chi connectivity index (χ3v) is 3.72. The maximum Gasteiger partial charge on any atom is 0.139 e. The summed E-state index contributed by atoms with van der Waals surface area (Å²) in [4.78, 5) is 4.07. The molecule has 0 radical (unpaired) electrons. The van der Waals surface area contributed by atoms with Crippen molar-refractivity contribution in [3.8, 4) is 5.75 Å². The zero-order valence-electron chi connectivity index (χ0n) is 11.4. The molecule has 0 bridgehead atoms. The van der Waals surface area contributed by atoms with Crippen molar-refractivity contribution in [2.75, 3.05) is 0 Å². The first-order valence-corrected chi connectivity index (χ1v) is 7.55. The van der Waals surface area contributed by atoms with Crippen LogP contribution >= 0.6 is 15.9 Å². The Balaban J connectivity index is 1.58. The third-order valence-electron chi connectivity index (χ3n) is 3.29. The molecular weight excluding hydrogens is 320 g/mol. The molecule has 2 aromatic heterocycles. The van der Waals surface area contributed by atoms with Crippen LogP contribution in [0.5, 0.6) is 5.75 Å². The second-order valence-electron chi connectivity index (χ2n) is 5.08. The summed E-state index contributed by atoms with van der Waals surface area (Å²) in [7, 11) is 0. The lowest BCUT2D eigenvalue weighted by Crippen LogP contribution is -2.14. The number of furan rings is 1. The SMILES string of the molecule is Cc1oc(CNC2CC2)cc1COc1cncc(Br)c1. The summed E-state index contributed by atoms with van der Waals surface area (Å²) in [5, 5.41) is 3.44. The maximum atomic E-state index is 5.74. The fraction of sp³-hybridized carbons (Fsp3) is 0.400. The predicted molar refractivity (Wildman–Crippen MR) is 79.6 cm³/mol. The molecule has 20 heavy (non-hydrogen) atoms. The molecule has 0 atom stereocenters. The summed E-state index contributed by atoms with van der Waals surface area (Å²) in [6.45, 7) is 3.26. The van der Waals surface area contributed by atoms with Crippen LogP contribution in [0.15, 0.2) is 33.4 Å². The number of pyridine rings is 1. The number of hydrogen-bond acceptors (Lipinski definition) is 4. The van der Waals surface area contributed by atoms with Gasteiger partial charge in [-0.2, -0.15) is 0 Å². The van der Waals surface area contributed by atoms with Crippen molar-refractivity contribution < 1.29 is 9.15 Å². The van der Waals surface area contributed by atoms with Crippen LogP contribution in [0, 0.1) is 6.92 Å². The third kappa shape index (κ3) is 3.61. The average molecular weight is 337 g/mol. The molecule has 1 saturated carbocycles. The number of nitrogens with zero attached hydrogens (tertiary/aromatic N) is 1. The topological polar surface area (TPSA) is 47.3 Å². The molecule has 0 spiro atoms. The van der Waals surface area contributed by atoms with E-state index in [1.165, 1.54) is 12.8 Å². The van der Waals surface area contributed by atoms with Gasteiger partial charge in [0.1, 0.15) is 23.9 Å². The molecule has 1 N–H and O–H groups in total. The summed E-state index contributed by atoms with van der Waals surface area (Å²) in [6, 6.07) is 4.65. The first kappa shape index (κ1) is 13.6. The molecule has 0 aliphatic heterocycles. The molecule has 2 heterocycles. The van der Waals surface area contributed by atoms with E-state index in [4.69, 9.17) is 9.15 Å². The van der Waals surface area contributed by atoms with Gasteiger partial charge < -0.3 is 14.5 Å². The first-order chi connectivity index (χ1) is 9.70. The lowest BCUT2D eigenvalue weighted by Gasteiger charge is -2.04. The van der Waals surface area contributed by atoms with Gasteiger partial charge in [0.05, 0.1) is 12.7 Å². The van der Waals surface area contributed by atoms with Crippen molar-refractivity contribution in [1.82, 2.24) is 10.3 Å². The van der Waals surface area contributed by atoms with E-state index in [0.29, 0.717) is 12.6 Å². The lowest BCUT2D eigenvalue weighted by molar-refractivity contribution is 0.301. The molecule has 4 nitrogen and oxygen atoms in total. The summed E-state index contributed by atoms with van der Waals surface area (Å²) in [5.74, 6) is 2.64. The van der Waals surface area contributed by atoms with Gasteiger partial charge in [-0.3, -0.25) is 4.98 Å². The van der Waals surface area contributed by atoms with E-state index >= 15 is 0 Å². The minimum absolute atomic E-state index is 0.497. The van der Waals surface area contributed by atoms with Crippen molar-refractivity contribution in [2.24, 2.45) is 0 Å². The van der Waals surface area contributed by atoms with E-state index in [9.17, 15) is 0 Å². The molecule has 5 heteroatoms. The van der Waals surface area contributed by atoms with Gasteiger partial charge in [0, 0.05) is 22.3 Å². The number of hydrogen-bond donors (Lipinski definition) is 1. The largest absolute Gasteiger partial charge is 0.487 e. The molecule has 106 valence electrons. The van der Waals surface area contributed by atoms with Gasteiger partial charge in [-0.1, -0.05) is 0 Å². The lowest BCUT2D eigenvalue weighted by atomic mass is 10.2. The summed E-state index contributed by atoms with van der Waals surface area (Å²) >= 11 is 3.38. The summed E-state index contributed by atoms with van der Waals surface area (Å²) < 4.78 is 12.4. The number of aromatic nitrogens is 1. The second-order valence-corrected chi connectivity index (χ2v) is 5.99. The summed E-state index contributed by atoms with van der Waals surface area (Å²) in [5.41, 5.74) is 1.08. The van der Waals surface area contributed by atoms with Gasteiger partial charge in [-0.15, -0.1) is 0 Å². The minimum Gasteiger partial charge on any atom is -0.487 e. The molecule has 3 rings (SSSR count). The van der Waals surface area contributed by atoms with Crippen LogP contribution in [0.1, 0.15) is 29.9 Å². The van der Waals surface area contributed by atoms with E-state index in [0.717, 1.165) is 33.9 Å². The molecule has 0 saturated heterocycles. The van der Waals surface area contributed by atoms with Crippen LogP contribution in [0.2, 0.25) is 0 Å². The molecule has 0 unspecified atom stereocenters. The minimum atomic E-state index is 0.497. The van der Waals surface area contributed by atoms with Crippen molar-refractivity contribution in [3.63, 3.8) is 0 Å². The van der Waals surface area contributed by atoms with Gasteiger partial charge in [0.2, 0.25) is 0 Å². The predicted octanol–water partition coefficient (Wildman–Crippen LogP) is 3.58. The van der Waals surface area contributed by atoms with Crippen LogP contribution in [0.3, 0.4) is 0 Å². The highest BCUT2D eigenvalue weighted by Crippen LogP contribution is 2.22. The van der Waals surface area contributed by atoms with Gasteiger partial charge in [-0.05, 0) is 47.8 Å². The van der Waals surface area contributed by atoms with E-state index in [-0.39, 0.29) is 0 Å². The van der Waals surface area contributed by atoms with Crippen molar-refractivity contribution >= 4 is 15.9 Å². The van der Waals surface area contributed by atoms with Crippen LogP contribution in [0.4, 0.5) is 0 Å². The Kier molecular flexibility index (Phi) is 4.08. The van der Waals surface area contributed by atoms with Gasteiger partial charge in [0.15, 0.2) is 0 Å². The fourth-order valence-electron chi connectivity index (χ4n) is 1.98. The van der Waals surface area contributed by atoms with Crippen LogP contribution in [-0.2, 0) is 13.2 Å². The number of nitrogens with one attached hydrogen (secondary N) is 1. The molecule has 1 fully saturated rings. The van der Waals surface area contributed by atoms with E-state index < -0.39 is 0 Å². The standard InChI is InChI=1S/C15H17BrN2O2/c1-10-11(4-15(20-10)8-18-13-2-3-13)9-19-14-5-12(16)6-17-7-14/h4-7,13,18H,2-3,8-9H2,1H3. The van der Waals surface area contributed by atoms with Crippen molar-refractivity contribution in [1.29, 1.82) is 0 Å². The van der Waals surface area contributed by atoms with Gasteiger partial charge in [0.25, 0.3) is 0 Å². The van der Waals surface area contributed by atoms with Crippen LogP contribution in [-0.4, -0.2) is 11.0 Å². The Morgan fingerprint density at radius 3 is 3.00 bits per heavy atom. The molecule has 0 amide bonds. The Bertz CT molecular complexity index is 593. The van der Waals surface area contributed by atoms with E-state index in [2.05, 4.69) is 32.3 Å². The number of aryl methyl sites for hydroxylation is 1. The highest BCUT2D eigenvalue weighted by Gasteiger charge is 2.20. The van der Waals surface area contributed by atoms with Gasteiger partial charge >= 0.3 is 0 Å². The average Bonchev–Trinajstić information content (AvgIpc) is 3.18. The zero-order valence-corrected chi connectivity index (χ0v) is 12.9. The number of halogens is 1. The van der Waals surface area contributed by atoms with Crippen LogP contribution < -0.4 is 10.1 Å². The van der Waals surface area contributed by atoms with Crippen LogP contribution in [0.25, 0.3) is 0 Å². The summed E-state index contributed by atoms with van der Waals surface area (Å²) in [6.07, 6.45) is 6.00. The van der Waals surface area contributed by atoms with Gasteiger partial charge in [-0.25, -0.2) is 0 Å². The Hall–Kier alpha value is -1.33. The Morgan fingerprint density at radius 1 is 1.40 bits per heavy atom. The quantitative estimate of drug-likeness (QED) is 0.875. The van der Waals surface area contributed by atoms with E-state index in [1.54, 1.807) is 12.4 Å². The number of rotatable bonds is 6. The smallest absolute Gasteiger partial charge is 0.139 e. The normalized spacial score (nSPS) is 14.5. The monoisotopic (exact) mass is 336 g/mol. The molecular formula is C15H17BrN2O2. The molecule has 2 aromatic rings. The fourth-order valence-corrected chi connectivity index (χ4v) is 2.33.